The maximum absolute atomic E-state index is 13.7. The third-order valence-electron chi connectivity index (χ3n) is 2.39. The predicted octanol–water partition coefficient (Wildman–Crippen LogP) is 2.16. The Hall–Kier alpha value is -2.46. The molecule has 6 nitrogen and oxygen atoms in total. The van der Waals surface area contributed by atoms with Gasteiger partial charge in [0.25, 0.3) is 0 Å². The first-order valence-electron chi connectivity index (χ1n) is 5.50. The van der Waals surface area contributed by atoms with Crippen LogP contribution in [0.15, 0.2) is 18.2 Å². The molecule has 0 unspecified atom stereocenters. The third-order valence-corrected chi connectivity index (χ3v) is 2.56. The van der Waals surface area contributed by atoms with Crippen LogP contribution in [0, 0.1) is 17.1 Å². The zero-order chi connectivity index (χ0) is 14.5. The van der Waals surface area contributed by atoms with Gasteiger partial charge in [-0.3, -0.25) is 0 Å². The molecule has 102 valence electrons. The summed E-state index contributed by atoms with van der Waals surface area (Å²) in [5, 5.41) is 11.4. The van der Waals surface area contributed by atoms with Crippen LogP contribution in [0.3, 0.4) is 0 Å². The number of nitriles is 1. The molecule has 1 aromatic heterocycles. The summed E-state index contributed by atoms with van der Waals surface area (Å²) in [7, 11) is 1.40. The number of rotatable bonds is 4. The molecule has 0 aliphatic carbocycles. The van der Waals surface area contributed by atoms with Crippen LogP contribution in [0.25, 0.3) is 0 Å². The van der Waals surface area contributed by atoms with Crippen molar-refractivity contribution in [3.63, 3.8) is 0 Å². The van der Waals surface area contributed by atoms with Crippen molar-refractivity contribution in [1.29, 1.82) is 5.26 Å². The Balaban J connectivity index is 2.13. The molecule has 0 saturated carbocycles. The highest BCUT2D eigenvalue weighted by molar-refractivity contribution is 6.28. The van der Waals surface area contributed by atoms with Crippen molar-refractivity contribution in [3.8, 4) is 12.1 Å². The molecule has 2 aromatic rings. The first kappa shape index (κ1) is 14.0. The predicted molar refractivity (Wildman–Crippen MR) is 69.8 cm³/mol. The minimum absolute atomic E-state index is 0.0281. The maximum Gasteiger partial charge on any atom is 0.322 e. The number of anilines is 1. The van der Waals surface area contributed by atoms with Crippen molar-refractivity contribution in [1.82, 2.24) is 15.0 Å². The Morgan fingerprint density at radius 2 is 2.20 bits per heavy atom. The van der Waals surface area contributed by atoms with Gasteiger partial charge in [-0.2, -0.15) is 20.2 Å². The molecule has 0 fully saturated rings. The van der Waals surface area contributed by atoms with Crippen molar-refractivity contribution in [2.75, 3.05) is 12.4 Å². The molecule has 0 atom stereocenters. The van der Waals surface area contributed by atoms with Gasteiger partial charge in [0, 0.05) is 12.1 Å². The highest BCUT2D eigenvalue weighted by Gasteiger charge is 2.07. The van der Waals surface area contributed by atoms with Crippen molar-refractivity contribution in [2.24, 2.45) is 0 Å². The lowest BCUT2D eigenvalue weighted by atomic mass is 10.1. The molecule has 1 aromatic carbocycles. The monoisotopic (exact) mass is 293 g/mol. The first-order valence-corrected chi connectivity index (χ1v) is 5.88. The molecular formula is C12H9ClFN5O. The molecule has 0 radical (unpaired) electrons. The van der Waals surface area contributed by atoms with Gasteiger partial charge in [0.05, 0.1) is 18.7 Å². The highest BCUT2D eigenvalue weighted by atomic mass is 35.5. The van der Waals surface area contributed by atoms with E-state index >= 15 is 0 Å². The Morgan fingerprint density at radius 1 is 1.40 bits per heavy atom. The third kappa shape index (κ3) is 3.30. The second-order valence-corrected chi connectivity index (χ2v) is 4.02. The molecular weight excluding hydrogens is 285 g/mol. The molecule has 8 heteroatoms. The summed E-state index contributed by atoms with van der Waals surface area (Å²) in [6.45, 7) is 0.140. The van der Waals surface area contributed by atoms with Crippen molar-refractivity contribution >= 4 is 17.5 Å². The minimum Gasteiger partial charge on any atom is -0.467 e. The largest absolute Gasteiger partial charge is 0.467 e. The molecule has 0 saturated heterocycles. The van der Waals surface area contributed by atoms with E-state index in [4.69, 9.17) is 21.6 Å². The van der Waals surface area contributed by atoms with Crippen LogP contribution in [0.5, 0.6) is 6.01 Å². The highest BCUT2D eigenvalue weighted by Crippen LogP contribution is 2.14. The summed E-state index contributed by atoms with van der Waals surface area (Å²) in [4.78, 5) is 11.5. The van der Waals surface area contributed by atoms with Gasteiger partial charge < -0.3 is 10.1 Å². The zero-order valence-corrected chi connectivity index (χ0v) is 11.1. The summed E-state index contributed by atoms with van der Waals surface area (Å²) in [5.74, 6) is -0.311. The molecule has 2 rings (SSSR count). The molecule has 1 heterocycles. The van der Waals surface area contributed by atoms with E-state index in [0.29, 0.717) is 5.56 Å². The number of ether oxygens (including phenoxy) is 1. The summed E-state index contributed by atoms with van der Waals surface area (Å²) in [5.41, 5.74) is 0.635. The van der Waals surface area contributed by atoms with Gasteiger partial charge >= 0.3 is 6.01 Å². The molecule has 0 aliphatic heterocycles. The zero-order valence-electron chi connectivity index (χ0n) is 10.4. The topological polar surface area (TPSA) is 83.7 Å². The first-order chi connectivity index (χ1) is 9.62. The van der Waals surface area contributed by atoms with Crippen LogP contribution >= 0.6 is 11.6 Å². The van der Waals surface area contributed by atoms with Crippen molar-refractivity contribution in [2.45, 2.75) is 6.54 Å². The second kappa shape index (κ2) is 6.12. The lowest BCUT2D eigenvalue weighted by Gasteiger charge is -2.07. The van der Waals surface area contributed by atoms with Gasteiger partial charge in [-0.15, -0.1) is 0 Å². The average molecular weight is 294 g/mol. The Labute approximate surface area is 119 Å². The van der Waals surface area contributed by atoms with E-state index < -0.39 is 5.82 Å². The fourth-order valence-corrected chi connectivity index (χ4v) is 1.59. The smallest absolute Gasteiger partial charge is 0.322 e. The van der Waals surface area contributed by atoms with E-state index in [1.54, 1.807) is 0 Å². The van der Waals surface area contributed by atoms with Gasteiger partial charge in [-0.1, -0.05) is 6.07 Å². The number of halogens is 2. The number of aromatic nitrogens is 3. The molecule has 0 aliphatic rings. The van der Waals surface area contributed by atoms with E-state index in [2.05, 4.69) is 20.3 Å². The number of nitrogens with zero attached hydrogens (tertiary/aromatic N) is 4. The number of methoxy groups -OCH3 is 1. The molecule has 0 bridgehead atoms. The Kier molecular flexibility index (Phi) is 4.27. The Morgan fingerprint density at radius 3 is 2.85 bits per heavy atom. The van der Waals surface area contributed by atoms with Gasteiger partial charge in [0.15, 0.2) is 0 Å². The Bertz CT molecular complexity index is 673. The number of hydrogen-bond donors (Lipinski definition) is 1. The SMILES string of the molecule is COc1nc(Cl)nc(NCc2ccc(C#N)cc2F)n1. The fourth-order valence-electron chi connectivity index (χ4n) is 1.44. The second-order valence-electron chi connectivity index (χ2n) is 3.69. The van der Waals surface area contributed by atoms with Crippen LogP contribution in [0.4, 0.5) is 10.3 Å². The quantitative estimate of drug-likeness (QED) is 0.930. The van der Waals surface area contributed by atoms with Crippen LogP contribution in [-0.4, -0.2) is 22.1 Å². The average Bonchev–Trinajstić information content (AvgIpc) is 2.45. The van der Waals surface area contributed by atoms with Crippen molar-refractivity contribution in [3.05, 3.63) is 40.4 Å². The van der Waals surface area contributed by atoms with Crippen LogP contribution in [0.1, 0.15) is 11.1 Å². The van der Waals surface area contributed by atoms with Crippen molar-refractivity contribution < 1.29 is 9.13 Å². The van der Waals surface area contributed by atoms with E-state index in [0.717, 1.165) is 6.07 Å². The fraction of sp³-hybridized carbons (Fsp3) is 0.167. The summed E-state index contributed by atoms with van der Waals surface area (Å²) < 4.78 is 18.5. The number of benzene rings is 1. The molecule has 0 amide bonds. The van der Waals surface area contributed by atoms with Gasteiger partial charge in [-0.25, -0.2) is 4.39 Å². The normalized spacial score (nSPS) is 9.90. The molecule has 0 spiro atoms. The summed E-state index contributed by atoms with van der Waals surface area (Å²) >= 11 is 5.69. The lowest BCUT2D eigenvalue weighted by Crippen LogP contribution is -2.07. The maximum atomic E-state index is 13.7. The van der Waals surface area contributed by atoms with E-state index in [1.807, 2.05) is 6.07 Å². The van der Waals surface area contributed by atoms with Gasteiger partial charge in [0.1, 0.15) is 5.82 Å². The minimum atomic E-state index is -0.483. The number of hydrogen-bond acceptors (Lipinski definition) is 6. The summed E-state index contributed by atoms with van der Waals surface area (Å²) in [6.07, 6.45) is 0. The molecule has 20 heavy (non-hydrogen) atoms. The van der Waals surface area contributed by atoms with Gasteiger partial charge in [-0.05, 0) is 23.7 Å². The van der Waals surface area contributed by atoms with E-state index in [-0.39, 0.29) is 29.4 Å². The van der Waals surface area contributed by atoms with Gasteiger partial charge in [0.2, 0.25) is 11.2 Å². The van der Waals surface area contributed by atoms with E-state index in [1.165, 1.54) is 19.2 Å². The van der Waals surface area contributed by atoms with Crippen LogP contribution in [-0.2, 0) is 6.54 Å². The summed E-state index contributed by atoms with van der Waals surface area (Å²) in [6, 6.07) is 6.14. The lowest BCUT2D eigenvalue weighted by molar-refractivity contribution is 0.379. The molecule has 1 N–H and O–H groups in total. The van der Waals surface area contributed by atoms with Crippen LogP contribution < -0.4 is 10.1 Å². The van der Waals surface area contributed by atoms with E-state index in [9.17, 15) is 4.39 Å². The van der Waals surface area contributed by atoms with Crippen LogP contribution in [0.2, 0.25) is 5.28 Å². The standard InChI is InChI=1S/C12H9ClFN5O/c1-20-12-18-10(13)17-11(19-12)16-6-8-3-2-7(5-15)4-9(8)14/h2-4H,6H2,1H3,(H,16,17,18,19). The number of nitrogens with one attached hydrogen (secondary N) is 1.